The number of ketones is 1. The second-order valence-corrected chi connectivity index (χ2v) is 6.24. The van der Waals surface area contributed by atoms with E-state index in [4.69, 9.17) is 4.74 Å². The molecule has 0 atom stereocenters. The Morgan fingerprint density at radius 1 is 1.14 bits per heavy atom. The number of hydrogen-bond donors (Lipinski definition) is 0. The van der Waals surface area contributed by atoms with Gasteiger partial charge in [0.2, 0.25) is 0 Å². The van der Waals surface area contributed by atoms with Crippen LogP contribution in [0.3, 0.4) is 0 Å². The minimum atomic E-state index is 0.0565. The molecule has 0 N–H and O–H groups in total. The number of hydrogen-bond acceptors (Lipinski definition) is 3. The van der Waals surface area contributed by atoms with Crippen LogP contribution in [0.25, 0.3) is 0 Å². The van der Waals surface area contributed by atoms with E-state index in [1.165, 1.54) is 0 Å². The standard InChI is InChI=1S/C18H20O2S/c1-13(2)20-18-10-9-14(3)11-16(18)17(19)12-21-15-7-5-4-6-8-15/h4-11,13H,12H2,1-3H3. The van der Waals surface area contributed by atoms with Crippen LogP contribution in [0.4, 0.5) is 0 Å². The van der Waals surface area contributed by atoms with E-state index in [9.17, 15) is 4.79 Å². The van der Waals surface area contributed by atoms with Crippen molar-refractivity contribution in [3.05, 3.63) is 59.7 Å². The van der Waals surface area contributed by atoms with Gasteiger partial charge < -0.3 is 4.74 Å². The number of rotatable bonds is 6. The lowest BCUT2D eigenvalue weighted by atomic mass is 10.1. The summed E-state index contributed by atoms with van der Waals surface area (Å²) in [5.41, 5.74) is 1.74. The van der Waals surface area contributed by atoms with Crippen molar-refractivity contribution in [2.75, 3.05) is 5.75 Å². The van der Waals surface area contributed by atoms with Crippen molar-refractivity contribution >= 4 is 17.5 Å². The first-order valence-corrected chi connectivity index (χ1v) is 8.03. The molecule has 0 spiro atoms. The maximum Gasteiger partial charge on any atom is 0.176 e. The fourth-order valence-electron chi connectivity index (χ4n) is 1.96. The molecular weight excluding hydrogens is 280 g/mol. The van der Waals surface area contributed by atoms with Crippen molar-refractivity contribution in [1.29, 1.82) is 0 Å². The van der Waals surface area contributed by atoms with Gasteiger partial charge in [-0.25, -0.2) is 0 Å². The zero-order valence-electron chi connectivity index (χ0n) is 12.6. The number of benzene rings is 2. The first-order chi connectivity index (χ1) is 10.1. The van der Waals surface area contributed by atoms with Crippen molar-refractivity contribution in [1.82, 2.24) is 0 Å². The van der Waals surface area contributed by atoms with Crippen LogP contribution in [0.2, 0.25) is 0 Å². The molecule has 0 radical (unpaired) electrons. The van der Waals surface area contributed by atoms with Crippen molar-refractivity contribution in [3.8, 4) is 5.75 Å². The summed E-state index contributed by atoms with van der Waals surface area (Å²) < 4.78 is 5.74. The van der Waals surface area contributed by atoms with Gasteiger partial charge in [0.15, 0.2) is 5.78 Å². The molecule has 110 valence electrons. The van der Waals surface area contributed by atoms with Gasteiger partial charge in [-0.1, -0.05) is 29.8 Å². The summed E-state index contributed by atoms with van der Waals surface area (Å²) in [7, 11) is 0. The van der Waals surface area contributed by atoms with E-state index >= 15 is 0 Å². The molecule has 0 saturated carbocycles. The molecular formula is C18H20O2S. The van der Waals surface area contributed by atoms with E-state index in [0.29, 0.717) is 17.1 Å². The van der Waals surface area contributed by atoms with E-state index in [0.717, 1.165) is 10.5 Å². The molecule has 0 bridgehead atoms. The molecule has 21 heavy (non-hydrogen) atoms. The Morgan fingerprint density at radius 2 is 1.86 bits per heavy atom. The van der Waals surface area contributed by atoms with Crippen molar-refractivity contribution in [2.45, 2.75) is 31.8 Å². The van der Waals surface area contributed by atoms with Gasteiger partial charge in [0.25, 0.3) is 0 Å². The van der Waals surface area contributed by atoms with Crippen molar-refractivity contribution in [2.24, 2.45) is 0 Å². The van der Waals surface area contributed by atoms with E-state index in [1.54, 1.807) is 11.8 Å². The van der Waals surface area contributed by atoms with Crippen molar-refractivity contribution < 1.29 is 9.53 Å². The number of Topliss-reactive ketones (excluding diaryl/α,β-unsaturated/α-hetero) is 1. The summed E-state index contributed by atoms with van der Waals surface area (Å²) in [5.74, 6) is 1.19. The highest BCUT2D eigenvalue weighted by Gasteiger charge is 2.14. The van der Waals surface area contributed by atoms with Gasteiger partial charge in [-0.2, -0.15) is 0 Å². The minimum Gasteiger partial charge on any atom is -0.490 e. The Balaban J connectivity index is 2.12. The average Bonchev–Trinajstić information content (AvgIpc) is 2.47. The predicted molar refractivity (Wildman–Crippen MR) is 88.4 cm³/mol. The molecule has 3 heteroatoms. The molecule has 0 fully saturated rings. The maximum atomic E-state index is 12.5. The summed E-state index contributed by atoms with van der Waals surface area (Å²) in [6.45, 7) is 5.92. The molecule has 0 unspecified atom stereocenters. The highest BCUT2D eigenvalue weighted by atomic mass is 32.2. The lowest BCUT2D eigenvalue weighted by molar-refractivity contribution is 0.101. The van der Waals surface area contributed by atoms with Crippen LogP contribution < -0.4 is 4.74 Å². The summed E-state index contributed by atoms with van der Waals surface area (Å²) >= 11 is 1.55. The van der Waals surface area contributed by atoms with Crippen LogP contribution in [-0.2, 0) is 0 Å². The third kappa shape index (κ3) is 4.64. The molecule has 0 aromatic heterocycles. The largest absolute Gasteiger partial charge is 0.490 e. The number of ether oxygens (including phenoxy) is 1. The molecule has 0 aliphatic rings. The van der Waals surface area contributed by atoms with Gasteiger partial charge >= 0.3 is 0 Å². The van der Waals surface area contributed by atoms with Crippen LogP contribution in [-0.4, -0.2) is 17.6 Å². The van der Waals surface area contributed by atoms with E-state index in [-0.39, 0.29) is 11.9 Å². The van der Waals surface area contributed by atoms with Gasteiger partial charge in [-0.05, 0) is 45.0 Å². The Bertz CT molecular complexity index is 606. The molecule has 0 aliphatic carbocycles. The quantitative estimate of drug-likeness (QED) is 0.568. The van der Waals surface area contributed by atoms with Gasteiger partial charge in [0.05, 0.1) is 17.4 Å². The molecule has 0 amide bonds. The van der Waals surface area contributed by atoms with Gasteiger partial charge in [0.1, 0.15) is 5.75 Å². The topological polar surface area (TPSA) is 26.3 Å². The minimum absolute atomic E-state index is 0.0565. The Hall–Kier alpha value is -1.74. The zero-order valence-corrected chi connectivity index (χ0v) is 13.4. The third-order valence-electron chi connectivity index (χ3n) is 2.91. The number of thioether (sulfide) groups is 1. The Morgan fingerprint density at radius 3 is 2.52 bits per heavy atom. The van der Waals surface area contributed by atoms with Crippen molar-refractivity contribution in [3.63, 3.8) is 0 Å². The van der Waals surface area contributed by atoms with Crippen LogP contribution in [0.1, 0.15) is 29.8 Å². The average molecular weight is 300 g/mol. The molecule has 2 aromatic rings. The van der Waals surface area contributed by atoms with Gasteiger partial charge in [-0.15, -0.1) is 11.8 Å². The second kappa shape index (κ2) is 7.32. The van der Waals surface area contributed by atoms with Crippen LogP contribution in [0.15, 0.2) is 53.4 Å². The maximum absolute atomic E-state index is 12.5. The van der Waals surface area contributed by atoms with Crippen LogP contribution >= 0.6 is 11.8 Å². The lowest BCUT2D eigenvalue weighted by Gasteiger charge is -2.14. The third-order valence-corrected chi connectivity index (χ3v) is 3.92. The van der Waals surface area contributed by atoms with E-state index < -0.39 is 0 Å². The predicted octanol–water partition coefficient (Wildman–Crippen LogP) is 4.76. The molecule has 2 aromatic carbocycles. The highest BCUT2D eigenvalue weighted by molar-refractivity contribution is 8.00. The number of aryl methyl sites for hydroxylation is 1. The zero-order chi connectivity index (χ0) is 15.2. The Labute approximate surface area is 130 Å². The number of carbonyl (C=O) groups excluding carboxylic acids is 1. The Kier molecular flexibility index (Phi) is 5.45. The van der Waals surface area contributed by atoms with Crippen LogP contribution in [0.5, 0.6) is 5.75 Å². The molecule has 0 heterocycles. The fraction of sp³-hybridized carbons (Fsp3) is 0.278. The summed E-state index contributed by atoms with van der Waals surface area (Å²) in [4.78, 5) is 13.6. The van der Waals surface area contributed by atoms with Crippen LogP contribution in [0, 0.1) is 6.92 Å². The van der Waals surface area contributed by atoms with E-state index in [2.05, 4.69) is 0 Å². The summed E-state index contributed by atoms with van der Waals surface area (Å²) in [6.07, 6.45) is 0.0565. The van der Waals surface area contributed by atoms with E-state index in [1.807, 2.05) is 69.3 Å². The first kappa shape index (κ1) is 15.6. The fourth-order valence-corrected chi connectivity index (χ4v) is 2.76. The lowest BCUT2D eigenvalue weighted by Crippen LogP contribution is -2.11. The highest BCUT2D eigenvalue weighted by Crippen LogP contribution is 2.25. The molecule has 2 rings (SSSR count). The summed E-state index contributed by atoms with van der Waals surface area (Å²) in [6, 6.07) is 15.7. The molecule has 0 saturated heterocycles. The van der Waals surface area contributed by atoms with Gasteiger partial charge in [0, 0.05) is 4.90 Å². The van der Waals surface area contributed by atoms with Gasteiger partial charge in [-0.3, -0.25) is 4.79 Å². The normalized spacial score (nSPS) is 10.7. The molecule has 0 aliphatic heterocycles. The number of carbonyl (C=O) groups is 1. The monoisotopic (exact) mass is 300 g/mol. The second-order valence-electron chi connectivity index (χ2n) is 5.19. The first-order valence-electron chi connectivity index (χ1n) is 7.04. The molecule has 2 nitrogen and oxygen atoms in total. The SMILES string of the molecule is Cc1ccc(OC(C)C)c(C(=O)CSc2ccccc2)c1. The smallest absolute Gasteiger partial charge is 0.176 e. The summed E-state index contributed by atoms with van der Waals surface area (Å²) in [5, 5.41) is 0.